The first kappa shape index (κ1) is 68.7. The largest absolute Gasteiger partial charge is 0.480 e. The number of hydrogen-bond acceptors (Lipinski definition) is 29. The highest BCUT2D eigenvalue weighted by atomic mass is 16.8. The number of amides is 1. The quantitative estimate of drug-likeness (QED) is 0.111. The van der Waals surface area contributed by atoms with E-state index in [-0.39, 0.29) is 6.61 Å². The van der Waals surface area contributed by atoms with Crippen molar-refractivity contribution in [3.8, 4) is 11.1 Å². The summed E-state index contributed by atoms with van der Waals surface area (Å²) in [6.07, 6.45) is -32.7. The first-order valence-electron chi connectivity index (χ1n) is 27.4. The van der Waals surface area contributed by atoms with Gasteiger partial charge in [0.05, 0.1) is 6.10 Å². The molecule has 6 rings (SSSR count). The second kappa shape index (κ2) is 31.0. The number of hydrogen-bond donors (Lipinski definition) is 2. The van der Waals surface area contributed by atoms with E-state index in [1.807, 2.05) is 48.5 Å². The Morgan fingerprint density at radius 3 is 1.09 bits per heavy atom. The highest BCUT2D eigenvalue weighted by Gasteiger charge is 2.61. The van der Waals surface area contributed by atoms with Gasteiger partial charge in [0.25, 0.3) is 0 Å². The number of rotatable bonds is 24. The van der Waals surface area contributed by atoms with Gasteiger partial charge in [0.2, 0.25) is 0 Å². The zero-order valence-corrected chi connectivity index (χ0v) is 49.6. The van der Waals surface area contributed by atoms with Gasteiger partial charge in [-0.25, -0.2) is 9.59 Å². The zero-order valence-electron chi connectivity index (χ0n) is 49.6. The normalized spacial score (nSPS) is 27.8. The summed E-state index contributed by atoms with van der Waals surface area (Å²) < 4.78 is 99.5. The number of carboxylic acid groups (broad SMARTS) is 1. The molecular formula is C57H69NO30. The van der Waals surface area contributed by atoms with Gasteiger partial charge in [-0.2, -0.15) is 0 Å². The number of benzene rings is 2. The number of ether oxygens (including phenoxy) is 17. The van der Waals surface area contributed by atoms with Crippen molar-refractivity contribution in [3.63, 3.8) is 0 Å². The summed E-state index contributed by atoms with van der Waals surface area (Å²) in [4.78, 5) is 155. The Bertz CT molecular complexity index is 2870. The van der Waals surface area contributed by atoms with E-state index >= 15 is 0 Å². The van der Waals surface area contributed by atoms with Gasteiger partial charge >= 0.3 is 71.8 Å². The molecule has 0 saturated carbocycles. The molecule has 3 aliphatic heterocycles. The fourth-order valence-corrected chi connectivity index (χ4v) is 10.3. The monoisotopic (exact) mass is 1250 g/mol. The molecule has 1 amide bonds. The lowest BCUT2D eigenvalue weighted by Gasteiger charge is -2.50. The lowest BCUT2D eigenvalue weighted by Crippen LogP contribution is -2.69. The van der Waals surface area contributed by atoms with Gasteiger partial charge in [-0.1, -0.05) is 48.5 Å². The van der Waals surface area contributed by atoms with Crippen LogP contribution in [0.15, 0.2) is 48.5 Å². The Labute approximate surface area is 502 Å². The summed E-state index contributed by atoms with van der Waals surface area (Å²) in [5, 5.41) is 13.0. The Kier molecular flexibility index (Phi) is 24.2. The number of esters is 10. The average molecular weight is 1250 g/mol. The van der Waals surface area contributed by atoms with Gasteiger partial charge < -0.3 is 90.9 Å². The van der Waals surface area contributed by atoms with Crippen LogP contribution in [0.1, 0.15) is 93.2 Å². The summed E-state index contributed by atoms with van der Waals surface area (Å²) in [5.41, 5.74) is 3.49. The predicted octanol–water partition coefficient (Wildman–Crippen LogP) is 1.54. The number of alkyl carbamates (subject to hydrolysis) is 1. The maximum Gasteiger partial charge on any atom is 0.407 e. The molecule has 2 N–H and O–H groups in total. The van der Waals surface area contributed by atoms with E-state index in [1.54, 1.807) is 0 Å². The molecule has 0 unspecified atom stereocenters. The smallest absolute Gasteiger partial charge is 0.407 e. The van der Waals surface area contributed by atoms with Crippen molar-refractivity contribution < 1.29 is 143 Å². The highest BCUT2D eigenvalue weighted by Crippen LogP contribution is 2.45. The number of aliphatic carboxylic acids is 1. The Morgan fingerprint density at radius 1 is 0.409 bits per heavy atom. The molecule has 3 heterocycles. The van der Waals surface area contributed by atoms with E-state index < -0.39 is 202 Å². The fraction of sp³-hybridized carbons (Fsp3) is 0.579. The van der Waals surface area contributed by atoms with Crippen molar-refractivity contribution in [2.45, 2.75) is 186 Å². The Hall–Kier alpha value is -8.36. The molecule has 2 aromatic rings. The van der Waals surface area contributed by atoms with Crippen LogP contribution >= 0.6 is 0 Å². The molecule has 4 aliphatic rings. The fourth-order valence-electron chi connectivity index (χ4n) is 10.3. The van der Waals surface area contributed by atoms with E-state index in [0.717, 1.165) is 98.4 Å². The summed E-state index contributed by atoms with van der Waals surface area (Å²) >= 11 is 0. The van der Waals surface area contributed by atoms with Crippen molar-refractivity contribution in [1.82, 2.24) is 5.32 Å². The molecule has 0 aromatic heterocycles. The molecule has 3 saturated heterocycles. The number of carbonyl (C=O) groups excluding carboxylic acids is 11. The van der Waals surface area contributed by atoms with E-state index in [2.05, 4.69) is 5.32 Å². The topological polar surface area (TPSA) is 394 Å². The van der Waals surface area contributed by atoms with Gasteiger partial charge in [0.1, 0.15) is 44.7 Å². The molecule has 31 nitrogen and oxygen atoms in total. The average Bonchev–Trinajstić information content (AvgIpc) is 1.13. The molecule has 482 valence electrons. The SMILES string of the molecule is CC(=O)OC[C@H]1O[C@H](O[C@@H]2[C@@H](O[C@@H]3[C@@H](O[C@H](C)[C@H](NC(=O)OCC4c5ccccc5-c5ccccc54)C(=O)O)O[C@H](COC(C)=O)[C@@H](OC(C)=O)[C@@H]3OC(C)=O)O[C@H](COC(C)=O)[C@@H](OC(C)=O)[C@@H]2OC(C)=O)[C@@H](OC(C)=O)[C@@H](OC(C)=O)[C@@H]1OC(C)=O. The number of fused-ring (bicyclic) bond motifs is 3. The molecule has 1 aliphatic carbocycles. The van der Waals surface area contributed by atoms with Crippen LogP contribution in [0.4, 0.5) is 4.79 Å². The second-order valence-corrected chi connectivity index (χ2v) is 20.4. The van der Waals surface area contributed by atoms with Crippen LogP contribution in [0, 0.1) is 0 Å². The van der Waals surface area contributed by atoms with Gasteiger partial charge in [0, 0.05) is 75.2 Å². The third kappa shape index (κ3) is 18.4. The minimum Gasteiger partial charge on any atom is -0.480 e. The van der Waals surface area contributed by atoms with Crippen molar-refractivity contribution in [2.24, 2.45) is 0 Å². The van der Waals surface area contributed by atoms with E-state index in [0.29, 0.717) is 0 Å². The minimum atomic E-state index is -2.31. The maximum atomic E-state index is 13.7. The van der Waals surface area contributed by atoms with E-state index in [1.165, 1.54) is 0 Å². The van der Waals surface area contributed by atoms with Gasteiger partial charge in [0.15, 0.2) is 79.8 Å². The predicted molar refractivity (Wildman–Crippen MR) is 285 cm³/mol. The summed E-state index contributed by atoms with van der Waals surface area (Å²) in [6.45, 7) is 8.03. The second-order valence-electron chi connectivity index (χ2n) is 20.4. The van der Waals surface area contributed by atoms with Crippen molar-refractivity contribution >= 4 is 71.8 Å². The molecular weight excluding hydrogens is 1180 g/mol. The molecule has 0 radical (unpaired) electrons. The van der Waals surface area contributed by atoms with Crippen molar-refractivity contribution in [2.75, 3.05) is 26.4 Å². The van der Waals surface area contributed by atoms with E-state index in [4.69, 9.17) is 80.5 Å². The minimum absolute atomic E-state index is 0.254. The number of carboxylic acids is 1. The van der Waals surface area contributed by atoms with Gasteiger partial charge in [-0.05, 0) is 29.2 Å². The van der Waals surface area contributed by atoms with E-state index in [9.17, 15) is 62.6 Å². The van der Waals surface area contributed by atoms with Crippen molar-refractivity contribution in [1.29, 1.82) is 0 Å². The van der Waals surface area contributed by atoms with Crippen LogP contribution < -0.4 is 5.32 Å². The zero-order chi connectivity index (χ0) is 64.8. The molecule has 31 heteroatoms. The van der Waals surface area contributed by atoms with Crippen LogP contribution in [0.25, 0.3) is 11.1 Å². The van der Waals surface area contributed by atoms with Crippen LogP contribution in [-0.4, -0.2) is 208 Å². The highest BCUT2D eigenvalue weighted by molar-refractivity contribution is 5.82. The summed E-state index contributed by atoms with van der Waals surface area (Å²) in [5.74, 6) is -12.4. The molecule has 2 aromatic carbocycles. The molecule has 17 atom stereocenters. The maximum absolute atomic E-state index is 13.7. The van der Waals surface area contributed by atoms with Gasteiger partial charge in [-0.15, -0.1) is 0 Å². The number of nitrogens with one attached hydrogen (secondary N) is 1. The van der Waals surface area contributed by atoms with Crippen LogP contribution in [-0.2, 0) is 133 Å². The molecule has 0 spiro atoms. The third-order valence-corrected chi connectivity index (χ3v) is 13.5. The first-order chi connectivity index (χ1) is 41.5. The summed E-state index contributed by atoms with van der Waals surface area (Å²) in [6, 6.07) is 12.8. The summed E-state index contributed by atoms with van der Waals surface area (Å²) in [7, 11) is 0. The van der Waals surface area contributed by atoms with Crippen molar-refractivity contribution in [3.05, 3.63) is 59.7 Å². The lowest BCUT2D eigenvalue weighted by atomic mass is 9.95. The Morgan fingerprint density at radius 2 is 0.727 bits per heavy atom. The number of carbonyl (C=O) groups is 12. The molecule has 3 fully saturated rings. The Balaban J connectivity index is 1.49. The van der Waals surface area contributed by atoms with Crippen LogP contribution in [0.2, 0.25) is 0 Å². The van der Waals surface area contributed by atoms with Crippen LogP contribution in [0.5, 0.6) is 0 Å². The van der Waals surface area contributed by atoms with Crippen LogP contribution in [0.3, 0.4) is 0 Å². The molecule has 88 heavy (non-hydrogen) atoms. The standard InChI is InChI=1S/C57H69NO30/c1-24(43(53(69)70)58-57(71)75-20-39-37-18-14-12-16-35(37)36-17-13-15-19-38(36)39)76-54-51(48(81-32(9)66)45(78-29(6)63)40(84-54)21-72-25(2)59)87-56-52(49(82-33(10)67)46(79-30(7)64)42(86-56)23-74-27(4)61)88-55-50(83-34(11)68)47(80-31(8)65)44(77-28(5)62)41(85-55)22-73-26(3)60/h12-19,24,39-52,54-56H,20-23H2,1-11H3,(H,58,71)(H,69,70)/t24-,40-,41-,42-,43+,44-,45-,46-,47+,48+,49+,50+,51+,52+,54+,55-,56-/m1/s1. The lowest BCUT2D eigenvalue weighted by molar-refractivity contribution is -0.395. The third-order valence-electron chi connectivity index (χ3n) is 13.5. The molecule has 0 bridgehead atoms. The first-order valence-corrected chi connectivity index (χ1v) is 27.4. The van der Waals surface area contributed by atoms with Gasteiger partial charge in [-0.3, -0.25) is 47.9 Å².